The zero-order valence-corrected chi connectivity index (χ0v) is 10.7. The predicted molar refractivity (Wildman–Crippen MR) is 66.1 cm³/mol. The summed E-state index contributed by atoms with van der Waals surface area (Å²) in [6.07, 6.45) is 1.52. The average molecular weight is 214 g/mol. The Labute approximate surface area is 92.7 Å². The highest BCUT2D eigenvalue weighted by molar-refractivity contribution is 6.80. The van der Waals surface area contributed by atoms with E-state index in [0.717, 1.165) is 22.8 Å². The molecule has 2 fully saturated rings. The molecule has 0 saturated heterocycles. The summed E-state index contributed by atoms with van der Waals surface area (Å²) < 4.78 is 0. The maximum Gasteiger partial charge on any atom is 0.0517 e. The first kappa shape index (κ1) is 8.57. The van der Waals surface area contributed by atoms with Crippen molar-refractivity contribution >= 4 is 8.07 Å². The topological polar surface area (TPSA) is 0 Å². The van der Waals surface area contributed by atoms with Crippen LogP contribution < -0.4 is 0 Å². The van der Waals surface area contributed by atoms with E-state index in [0.29, 0.717) is 0 Å². The number of hydrogen-bond acceptors (Lipinski definition) is 0. The minimum Gasteiger partial charge on any atom is -0.0691 e. The molecule has 0 aromatic heterocycles. The van der Waals surface area contributed by atoms with Gasteiger partial charge >= 0.3 is 0 Å². The summed E-state index contributed by atoms with van der Waals surface area (Å²) in [6.45, 7) is 7.72. The SMILES string of the molecule is C[Si](C)(C)[C@]12C[C@@H]3c4ccccc4[C@@H]1[C@@H]32. The molecule has 0 nitrogen and oxygen atoms in total. The normalized spacial score (nSPS) is 44.3. The molecule has 1 aromatic rings. The molecule has 0 N–H and O–H groups in total. The van der Waals surface area contributed by atoms with Crippen LogP contribution in [0.15, 0.2) is 24.3 Å². The summed E-state index contributed by atoms with van der Waals surface area (Å²) in [5.41, 5.74) is 3.42. The Hall–Kier alpha value is -0.563. The molecule has 1 heteroatoms. The molecule has 4 atom stereocenters. The van der Waals surface area contributed by atoms with Crippen molar-refractivity contribution in [3.8, 4) is 0 Å². The molecule has 15 heavy (non-hydrogen) atoms. The number of fused-ring (bicyclic) bond motifs is 4. The Morgan fingerprint density at radius 2 is 1.80 bits per heavy atom. The smallest absolute Gasteiger partial charge is 0.0517 e. The van der Waals surface area contributed by atoms with Crippen LogP contribution in [0.3, 0.4) is 0 Å². The quantitative estimate of drug-likeness (QED) is 0.620. The van der Waals surface area contributed by atoms with Crippen molar-refractivity contribution in [3.05, 3.63) is 35.4 Å². The Bertz CT molecular complexity index is 457. The molecule has 3 aliphatic rings. The Balaban J connectivity index is 1.86. The van der Waals surface area contributed by atoms with Gasteiger partial charge in [0.25, 0.3) is 0 Å². The zero-order chi connectivity index (χ0) is 10.4. The van der Waals surface area contributed by atoms with Crippen LogP contribution in [0.4, 0.5) is 0 Å². The molecular formula is C14H18Si. The third kappa shape index (κ3) is 0.691. The van der Waals surface area contributed by atoms with E-state index >= 15 is 0 Å². The molecule has 1 aromatic carbocycles. The monoisotopic (exact) mass is 214 g/mol. The third-order valence-corrected chi connectivity index (χ3v) is 9.16. The van der Waals surface area contributed by atoms with Crippen molar-refractivity contribution in [2.75, 3.05) is 0 Å². The lowest BCUT2D eigenvalue weighted by molar-refractivity contribution is 0.391. The molecule has 0 heterocycles. The molecule has 3 aliphatic carbocycles. The van der Waals surface area contributed by atoms with Gasteiger partial charge in [0.2, 0.25) is 0 Å². The van der Waals surface area contributed by atoms with E-state index in [1.807, 2.05) is 0 Å². The number of benzene rings is 1. The van der Waals surface area contributed by atoms with Crippen LogP contribution in [-0.4, -0.2) is 8.07 Å². The van der Waals surface area contributed by atoms with Crippen LogP contribution >= 0.6 is 0 Å². The van der Waals surface area contributed by atoms with E-state index in [1.165, 1.54) is 6.42 Å². The van der Waals surface area contributed by atoms with Crippen molar-refractivity contribution in [2.24, 2.45) is 5.92 Å². The lowest BCUT2D eigenvalue weighted by Crippen LogP contribution is -2.40. The lowest BCUT2D eigenvalue weighted by atomic mass is 9.77. The number of hydrogen-bond donors (Lipinski definition) is 0. The first-order valence-electron chi connectivity index (χ1n) is 6.16. The van der Waals surface area contributed by atoms with Crippen LogP contribution in [0.5, 0.6) is 0 Å². The zero-order valence-electron chi connectivity index (χ0n) is 9.75. The van der Waals surface area contributed by atoms with Gasteiger partial charge in [-0.05, 0) is 40.3 Å². The van der Waals surface area contributed by atoms with E-state index in [4.69, 9.17) is 0 Å². The van der Waals surface area contributed by atoms with Gasteiger partial charge in [-0.25, -0.2) is 0 Å². The van der Waals surface area contributed by atoms with Crippen LogP contribution in [0, 0.1) is 5.92 Å². The van der Waals surface area contributed by atoms with Gasteiger partial charge < -0.3 is 0 Å². The van der Waals surface area contributed by atoms with E-state index < -0.39 is 8.07 Å². The number of rotatable bonds is 1. The van der Waals surface area contributed by atoms with Gasteiger partial charge in [0.1, 0.15) is 0 Å². The van der Waals surface area contributed by atoms with E-state index in [1.54, 1.807) is 11.1 Å². The fourth-order valence-corrected chi connectivity index (χ4v) is 8.22. The fraction of sp³-hybridized carbons (Fsp3) is 0.571. The largest absolute Gasteiger partial charge is 0.0691 e. The van der Waals surface area contributed by atoms with Gasteiger partial charge in [-0.3, -0.25) is 0 Å². The molecule has 2 saturated carbocycles. The van der Waals surface area contributed by atoms with Crippen molar-refractivity contribution < 1.29 is 0 Å². The van der Waals surface area contributed by atoms with Gasteiger partial charge in [-0.1, -0.05) is 43.9 Å². The van der Waals surface area contributed by atoms with Gasteiger partial charge in [-0.15, -0.1) is 0 Å². The molecular weight excluding hydrogens is 196 g/mol. The van der Waals surface area contributed by atoms with Crippen molar-refractivity contribution in [2.45, 2.75) is 42.9 Å². The van der Waals surface area contributed by atoms with Gasteiger partial charge in [0.15, 0.2) is 0 Å². The molecule has 0 spiro atoms. The summed E-state index contributed by atoms with van der Waals surface area (Å²) >= 11 is 0. The highest BCUT2D eigenvalue weighted by Crippen LogP contribution is 2.94. The summed E-state index contributed by atoms with van der Waals surface area (Å²) in [5, 5.41) is 0.825. The minimum absolute atomic E-state index is 0.825. The molecule has 0 bridgehead atoms. The lowest BCUT2D eigenvalue weighted by Gasteiger charge is -2.45. The molecule has 78 valence electrons. The van der Waals surface area contributed by atoms with Crippen molar-refractivity contribution in [3.63, 3.8) is 0 Å². The van der Waals surface area contributed by atoms with Gasteiger partial charge in [0, 0.05) is 0 Å². The maximum absolute atomic E-state index is 2.57. The van der Waals surface area contributed by atoms with E-state index in [-0.39, 0.29) is 0 Å². The van der Waals surface area contributed by atoms with Gasteiger partial charge in [0.05, 0.1) is 8.07 Å². The predicted octanol–water partition coefficient (Wildman–Crippen LogP) is 3.98. The molecule has 0 unspecified atom stereocenters. The summed E-state index contributed by atoms with van der Waals surface area (Å²) in [6, 6.07) is 9.23. The van der Waals surface area contributed by atoms with Crippen molar-refractivity contribution in [1.82, 2.24) is 0 Å². The second-order valence-corrected chi connectivity index (χ2v) is 12.2. The second kappa shape index (κ2) is 2.10. The van der Waals surface area contributed by atoms with Crippen molar-refractivity contribution in [1.29, 1.82) is 0 Å². The molecule has 0 amide bonds. The minimum atomic E-state index is -0.946. The average Bonchev–Trinajstić information content (AvgIpc) is 2.57. The highest BCUT2D eigenvalue weighted by Gasteiger charge is 2.82. The maximum atomic E-state index is 2.57. The second-order valence-electron chi connectivity index (χ2n) is 6.73. The summed E-state index contributed by atoms with van der Waals surface area (Å²) in [4.78, 5) is 0. The Morgan fingerprint density at radius 1 is 1.13 bits per heavy atom. The van der Waals surface area contributed by atoms with E-state index in [9.17, 15) is 0 Å². The highest BCUT2D eigenvalue weighted by atomic mass is 28.3. The molecule has 4 rings (SSSR count). The first-order valence-corrected chi connectivity index (χ1v) is 9.66. The van der Waals surface area contributed by atoms with Crippen LogP contribution in [0.1, 0.15) is 29.4 Å². The third-order valence-electron chi connectivity index (χ3n) is 5.52. The molecule has 0 aliphatic heterocycles. The summed E-state index contributed by atoms with van der Waals surface area (Å²) in [5.74, 6) is 3.00. The summed E-state index contributed by atoms with van der Waals surface area (Å²) in [7, 11) is -0.946. The molecule has 0 radical (unpaired) electrons. The standard InChI is InChI=1S/C14H18Si/c1-15(2,3)14-8-11-9-6-4-5-7-10(9)12(14)13(11)14/h4-7,11-13H,8H2,1-3H3/t11-,12-,13-,14-/m1/s1. The van der Waals surface area contributed by atoms with Crippen LogP contribution in [0.2, 0.25) is 24.7 Å². The first-order chi connectivity index (χ1) is 7.07. The Kier molecular flexibility index (Phi) is 1.20. The van der Waals surface area contributed by atoms with E-state index in [2.05, 4.69) is 43.9 Å². The Morgan fingerprint density at radius 3 is 2.47 bits per heavy atom. The van der Waals surface area contributed by atoms with Gasteiger partial charge in [-0.2, -0.15) is 0 Å². The van der Waals surface area contributed by atoms with Crippen LogP contribution in [0.25, 0.3) is 0 Å². The van der Waals surface area contributed by atoms with Crippen LogP contribution in [-0.2, 0) is 0 Å². The fourth-order valence-electron chi connectivity index (χ4n) is 4.83.